The van der Waals surface area contributed by atoms with Crippen LogP contribution < -0.4 is 0 Å². The number of hydrogen-bond acceptors (Lipinski definition) is 6. The Kier molecular flexibility index (Phi) is 52.8. The van der Waals surface area contributed by atoms with E-state index < -0.39 is 6.10 Å². The van der Waals surface area contributed by atoms with Gasteiger partial charge in [-0.05, 0) is 103 Å². The first kappa shape index (κ1) is 63.4. The van der Waals surface area contributed by atoms with Gasteiger partial charge in [0.1, 0.15) is 13.2 Å². The number of carbonyl (C=O) groups is 3. The van der Waals surface area contributed by atoms with Crippen LogP contribution in [0.5, 0.6) is 0 Å². The number of rotatable bonds is 52. The van der Waals surface area contributed by atoms with Crippen LogP contribution in [-0.2, 0) is 28.6 Å². The molecule has 0 aromatic heterocycles. The van der Waals surface area contributed by atoms with E-state index in [4.69, 9.17) is 14.2 Å². The van der Waals surface area contributed by atoms with Gasteiger partial charge in [-0.3, -0.25) is 14.4 Å². The highest BCUT2D eigenvalue weighted by molar-refractivity contribution is 5.71. The highest BCUT2D eigenvalue weighted by Crippen LogP contribution is 2.15. The summed E-state index contributed by atoms with van der Waals surface area (Å²) in [5, 5.41) is 0. The van der Waals surface area contributed by atoms with Crippen LogP contribution in [0.4, 0.5) is 0 Å². The molecule has 0 aromatic carbocycles. The summed E-state index contributed by atoms with van der Waals surface area (Å²) >= 11 is 0. The molecule has 0 aliphatic carbocycles. The Balaban J connectivity index is 4.39. The molecule has 0 bridgehead atoms. The molecule has 1 atom stereocenters. The fourth-order valence-electron chi connectivity index (χ4n) is 8.17. The number of hydrogen-bond donors (Lipinski definition) is 0. The molecule has 6 heteroatoms. The average Bonchev–Trinajstić information content (AvgIpc) is 3.31. The summed E-state index contributed by atoms with van der Waals surface area (Å²) in [5.41, 5.74) is 0. The first-order chi connectivity index (χ1) is 32.5. The molecule has 0 aliphatic heterocycles. The maximum Gasteiger partial charge on any atom is 0.306 e. The third-order valence-corrected chi connectivity index (χ3v) is 12.5. The minimum Gasteiger partial charge on any atom is -0.462 e. The van der Waals surface area contributed by atoms with Crippen molar-refractivity contribution >= 4 is 17.9 Å². The molecule has 0 saturated heterocycles. The van der Waals surface area contributed by atoms with Crippen LogP contribution in [0.25, 0.3) is 0 Å². The minimum absolute atomic E-state index is 0.0824. The van der Waals surface area contributed by atoms with Crippen molar-refractivity contribution in [2.75, 3.05) is 13.2 Å². The molecule has 1 unspecified atom stereocenters. The van der Waals surface area contributed by atoms with Crippen molar-refractivity contribution in [1.29, 1.82) is 0 Å². The maximum absolute atomic E-state index is 12.8. The van der Waals surface area contributed by atoms with Crippen molar-refractivity contribution in [3.05, 3.63) is 48.6 Å². The van der Waals surface area contributed by atoms with Gasteiger partial charge in [-0.25, -0.2) is 0 Å². The molecule has 0 spiro atoms. The number of ether oxygens (including phenoxy) is 3. The predicted molar refractivity (Wildman–Crippen MR) is 284 cm³/mol. The van der Waals surface area contributed by atoms with Gasteiger partial charge in [-0.2, -0.15) is 0 Å². The quantitative estimate of drug-likeness (QED) is 0.0262. The van der Waals surface area contributed by atoms with E-state index in [1.807, 2.05) is 0 Å². The summed E-state index contributed by atoms with van der Waals surface area (Å²) in [6.45, 7) is 6.61. The van der Waals surface area contributed by atoms with E-state index in [-0.39, 0.29) is 31.1 Å². The molecule has 0 heterocycles. The highest BCUT2D eigenvalue weighted by atomic mass is 16.6. The lowest BCUT2D eigenvalue weighted by Gasteiger charge is -2.18. The second-order valence-corrected chi connectivity index (χ2v) is 19.2. The van der Waals surface area contributed by atoms with Crippen LogP contribution in [0.3, 0.4) is 0 Å². The fraction of sp³-hybridized carbons (Fsp3) is 0.817. The molecule has 6 nitrogen and oxygen atoms in total. The van der Waals surface area contributed by atoms with Gasteiger partial charge in [0, 0.05) is 19.3 Å². The van der Waals surface area contributed by atoms with Gasteiger partial charge in [-0.1, -0.05) is 223 Å². The first-order valence-electron chi connectivity index (χ1n) is 28.6. The van der Waals surface area contributed by atoms with E-state index in [9.17, 15) is 14.4 Å². The standard InChI is InChI=1S/C60H108O6/c1-4-7-10-13-16-19-22-25-28-29-30-33-35-38-41-44-47-50-53-59(62)65-56-57(66-60(63)54-51-48-45-42-39-36-32-27-24-21-18-15-12-9-6-3)55-64-58(61)52-49-46-43-40-37-34-31-26-23-20-17-14-11-8-5-2/h18,21,26-29,31-32,57H,4-17,19-20,22-25,30,33-56H2,1-3H3/b21-18-,29-28-,31-26-,32-27-. The number of esters is 3. The number of allylic oxidation sites excluding steroid dienone is 8. The first-order valence-corrected chi connectivity index (χ1v) is 28.6. The molecular formula is C60H108O6. The molecular weight excluding hydrogens is 817 g/mol. The van der Waals surface area contributed by atoms with Gasteiger partial charge >= 0.3 is 17.9 Å². The Morgan fingerprint density at radius 1 is 0.303 bits per heavy atom. The molecule has 0 fully saturated rings. The molecule has 66 heavy (non-hydrogen) atoms. The fourth-order valence-corrected chi connectivity index (χ4v) is 8.17. The van der Waals surface area contributed by atoms with Crippen molar-refractivity contribution in [3.63, 3.8) is 0 Å². The topological polar surface area (TPSA) is 78.9 Å². The number of carbonyl (C=O) groups excluding carboxylic acids is 3. The average molecular weight is 926 g/mol. The molecule has 0 amide bonds. The normalized spacial score (nSPS) is 12.3. The Morgan fingerprint density at radius 2 is 0.545 bits per heavy atom. The van der Waals surface area contributed by atoms with E-state index in [1.165, 1.54) is 167 Å². The second kappa shape index (κ2) is 55.0. The monoisotopic (exact) mass is 925 g/mol. The summed E-state index contributed by atoms with van der Waals surface area (Å²) in [5.74, 6) is -0.897. The van der Waals surface area contributed by atoms with E-state index in [0.717, 1.165) is 89.9 Å². The summed E-state index contributed by atoms with van der Waals surface area (Å²) < 4.78 is 16.8. The van der Waals surface area contributed by atoms with Crippen LogP contribution in [0.1, 0.15) is 297 Å². The van der Waals surface area contributed by atoms with Crippen molar-refractivity contribution in [1.82, 2.24) is 0 Å². The zero-order valence-electron chi connectivity index (χ0n) is 44.0. The van der Waals surface area contributed by atoms with Crippen LogP contribution in [0.15, 0.2) is 48.6 Å². The van der Waals surface area contributed by atoms with E-state index in [1.54, 1.807) is 0 Å². The largest absolute Gasteiger partial charge is 0.462 e. The van der Waals surface area contributed by atoms with E-state index in [2.05, 4.69) is 69.4 Å². The Labute approximate surface area is 409 Å². The van der Waals surface area contributed by atoms with E-state index >= 15 is 0 Å². The lowest BCUT2D eigenvalue weighted by Crippen LogP contribution is -2.30. The van der Waals surface area contributed by atoms with Crippen molar-refractivity contribution in [2.45, 2.75) is 303 Å². The molecule has 0 aliphatic rings. The molecule has 384 valence electrons. The van der Waals surface area contributed by atoms with Crippen LogP contribution in [-0.4, -0.2) is 37.2 Å². The Bertz CT molecular complexity index is 1150. The van der Waals surface area contributed by atoms with Crippen LogP contribution in [0.2, 0.25) is 0 Å². The van der Waals surface area contributed by atoms with Gasteiger partial charge in [0.15, 0.2) is 6.10 Å². The summed E-state index contributed by atoms with van der Waals surface area (Å²) in [7, 11) is 0. The summed E-state index contributed by atoms with van der Waals surface area (Å²) in [4.78, 5) is 38.1. The Hall–Kier alpha value is -2.63. The van der Waals surface area contributed by atoms with Gasteiger partial charge in [-0.15, -0.1) is 0 Å². The zero-order valence-corrected chi connectivity index (χ0v) is 44.0. The number of unbranched alkanes of at least 4 members (excludes halogenated alkanes) is 33. The smallest absolute Gasteiger partial charge is 0.306 e. The van der Waals surface area contributed by atoms with Crippen molar-refractivity contribution in [2.24, 2.45) is 0 Å². The van der Waals surface area contributed by atoms with Gasteiger partial charge in [0.25, 0.3) is 0 Å². The summed E-state index contributed by atoms with van der Waals surface area (Å²) in [6.07, 6.45) is 66.7. The van der Waals surface area contributed by atoms with Crippen molar-refractivity contribution in [3.8, 4) is 0 Å². The molecule has 0 aromatic rings. The van der Waals surface area contributed by atoms with Gasteiger partial charge < -0.3 is 14.2 Å². The highest BCUT2D eigenvalue weighted by Gasteiger charge is 2.19. The SMILES string of the molecule is CCCCC/C=C\C/C=C\CCCCCCCC(=O)OC(COC(=O)CCCCCCC/C=C\CCCCCCCC)COC(=O)CCCCCCCCC/C=C\CCCCCCCCC. The molecule has 0 radical (unpaired) electrons. The van der Waals surface area contributed by atoms with Crippen LogP contribution in [0, 0.1) is 0 Å². The maximum atomic E-state index is 12.8. The molecule has 0 rings (SSSR count). The van der Waals surface area contributed by atoms with Gasteiger partial charge in [0.2, 0.25) is 0 Å². The third kappa shape index (κ3) is 52.3. The lowest BCUT2D eigenvalue weighted by molar-refractivity contribution is -0.167. The Morgan fingerprint density at radius 3 is 0.879 bits per heavy atom. The lowest BCUT2D eigenvalue weighted by atomic mass is 10.1. The van der Waals surface area contributed by atoms with Crippen molar-refractivity contribution < 1.29 is 28.6 Å². The van der Waals surface area contributed by atoms with E-state index in [0.29, 0.717) is 19.3 Å². The van der Waals surface area contributed by atoms with Crippen LogP contribution >= 0.6 is 0 Å². The molecule has 0 N–H and O–H groups in total. The third-order valence-electron chi connectivity index (χ3n) is 12.5. The molecule has 0 saturated carbocycles. The zero-order chi connectivity index (χ0) is 47.9. The predicted octanol–water partition coefficient (Wildman–Crippen LogP) is 19.0. The second-order valence-electron chi connectivity index (χ2n) is 19.2. The summed E-state index contributed by atoms with van der Waals surface area (Å²) in [6, 6.07) is 0. The van der Waals surface area contributed by atoms with Gasteiger partial charge in [0.05, 0.1) is 0 Å². The minimum atomic E-state index is -0.785.